The van der Waals surface area contributed by atoms with Crippen LogP contribution >= 0.6 is 0 Å². The molecule has 1 saturated carbocycles. The molecular weight excluding hydrogens is 596 g/mol. The van der Waals surface area contributed by atoms with E-state index in [1.54, 1.807) is 0 Å². The van der Waals surface area contributed by atoms with Gasteiger partial charge in [-0.1, -0.05) is 48.5 Å². The minimum atomic E-state index is -0.921. The van der Waals surface area contributed by atoms with Gasteiger partial charge in [0.2, 0.25) is 0 Å². The van der Waals surface area contributed by atoms with E-state index in [-0.39, 0.29) is 0 Å². The van der Waals surface area contributed by atoms with Gasteiger partial charge in [-0.15, -0.1) is 0 Å². The topological polar surface area (TPSA) is 105 Å². The Morgan fingerprint density at radius 2 is 0.833 bits per heavy atom. The Bertz CT molecular complexity index is 2080. The number of anilines is 6. The van der Waals surface area contributed by atoms with Crippen LogP contribution in [-0.2, 0) is 0 Å². The molecular formula is C40H46N6O2. The lowest BCUT2D eigenvalue weighted by Crippen LogP contribution is -2.52. The standard InChI is InChI=1S/C40H46N6O2/c1-43(2)29-19-27(41)31(25-17-21-13-9-11-15-23(21)37(33(25)29)45(5)6)35-39(47)36(40(35)48)32-26-18-22-14-10-12-16-24(22)38(46(7)8)34(26)30(44(3)4)20-28(32)42/h9-20,35-36,39-40,47-48H,41-42H2,1-8H3. The fourth-order valence-electron chi connectivity index (χ4n) is 8.27. The van der Waals surface area contributed by atoms with E-state index in [4.69, 9.17) is 11.5 Å². The smallest absolute Gasteiger partial charge is 0.0729 e. The normalized spacial score (nSPS) is 19.2. The quantitative estimate of drug-likeness (QED) is 0.123. The Morgan fingerprint density at radius 3 is 1.17 bits per heavy atom. The third kappa shape index (κ3) is 4.50. The first-order chi connectivity index (χ1) is 22.8. The predicted molar refractivity (Wildman–Crippen MR) is 207 cm³/mol. The number of hydrogen-bond acceptors (Lipinski definition) is 8. The number of nitrogens with zero attached hydrogens (tertiary/aromatic N) is 4. The number of aliphatic hydroxyl groups is 2. The second-order valence-corrected chi connectivity index (χ2v) is 14.1. The lowest BCUT2D eigenvalue weighted by molar-refractivity contribution is -0.0770. The summed E-state index contributed by atoms with van der Waals surface area (Å²) in [6, 6.07) is 25.0. The van der Waals surface area contributed by atoms with Gasteiger partial charge in [-0.05, 0) is 56.9 Å². The van der Waals surface area contributed by atoms with Crippen molar-refractivity contribution in [3.05, 3.63) is 83.9 Å². The molecule has 6 aromatic rings. The van der Waals surface area contributed by atoms with Crippen LogP contribution in [0.5, 0.6) is 0 Å². The third-order valence-electron chi connectivity index (χ3n) is 10.3. The summed E-state index contributed by atoms with van der Waals surface area (Å²) >= 11 is 0. The molecule has 0 atom stereocenters. The summed E-state index contributed by atoms with van der Waals surface area (Å²) in [6.07, 6.45) is -1.84. The van der Waals surface area contributed by atoms with E-state index in [0.29, 0.717) is 11.4 Å². The molecule has 0 radical (unpaired) electrons. The maximum atomic E-state index is 12.2. The molecule has 0 amide bonds. The Labute approximate surface area is 282 Å². The van der Waals surface area contributed by atoms with Crippen LogP contribution in [0.1, 0.15) is 23.0 Å². The maximum Gasteiger partial charge on any atom is 0.0729 e. The molecule has 48 heavy (non-hydrogen) atoms. The van der Waals surface area contributed by atoms with Crippen molar-refractivity contribution in [1.82, 2.24) is 0 Å². The summed E-state index contributed by atoms with van der Waals surface area (Å²) < 4.78 is 0. The molecule has 6 N–H and O–H groups in total. The molecule has 0 spiro atoms. The van der Waals surface area contributed by atoms with E-state index >= 15 is 0 Å². The monoisotopic (exact) mass is 642 g/mol. The summed E-state index contributed by atoms with van der Waals surface area (Å²) in [6.45, 7) is 0. The highest BCUT2D eigenvalue weighted by Gasteiger charge is 2.53. The second-order valence-electron chi connectivity index (χ2n) is 14.1. The number of nitrogen functional groups attached to an aromatic ring is 2. The summed E-state index contributed by atoms with van der Waals surface area (Å²) in [5.74, 6) is -1.22. The van der Waals surface area contributed by atoms with Crippen LogP contribution in [0.4, 0.5) is 34.1 Å². The van der Waals surface area contributed by atoms with Crippen LogP contribution in [0, 0.1) is 0 Å². The Balaban J connectivity index is 1.48. The number of aliphatic hydroxyl groups excluding tert-OH is 2. The highest BCUT2D eigenvalue weighted by Crippen LogP contribution is 2.57. The first-order valence-electron chi connectivity index (χ1n) is 16.4. The Morgan fingerprint density at radius 1 is 0.479 bits per heavy atom. The Kier molecular flexibility index (Phi) is 7.49. The zero-order chi connectivity index (χ0) is 34.3. The summed E-state index contributed by atoms with van der Waals surface area (Å²) in [5.41, 5.74) is 20.6. The molecule has 8 heteroatoms. The lowest BCUT2D eigenvalue weighted by atomic mass is 9.61. The zero-order valence-electron chi connectivity index (χ0n) is 29.1. The van der Waals surface area contributed by atoms with Crippen LogP contribution in [0.3, 0.4) is 0 Å². The van der Waals surface area contributed by atoms with Crippen molar-refractivity contribution in [3.8, 4) is 0 Å². The minimum absolute atomic E-state index is 0.550. The predicted octanol–water partition coefficient (Wildman–Crippen LogP) is 6.33. The van der Waals surface area contributed by atoms with E-state index in [0.717, 1.165) is 77.0 Å². The summed E-state index contributed by atoms with van der Waals surface area (Å²) in [5, 5.41) is 32.8. The van der Waals surface area contributed by atoms with E-state index in [2.05, 4.69) is 96.3 Å². The highest BCUT2D eigenvalue weighted by molar-refractivity contribution is 6.19. The first kappa shape index (κ1) is 31.7. The van der Waals surface area contributed by atoms with Crippen LogP contribution in [0.15, 0.2) is 72.8 Å². The maximum absolute atomic E-state index is 12.2. The molecule has 0 saturated heterocycles. The van der Waals surface area contributed by atoms with Gasteiger partial charge in [0.05, 0.1) is 23.6 Å². The van der Waals surface area contributed by atoms with Crippen molar-refractivity contribution in [2.45, 2.75) is 24.0 Å². The second kappa shape index (κ2) is 11.4. The van der Waals surface area contributed by atoms with Gasteiger partial charge in [-0.2, -0.15) is 0 Å². The molecule has 1 aliphatic rings. The zero-order valence-corrected chi connectivity index (χ0v) is 29.1. The number of nitrogens with two attached hydrogens (primary N) is 2. The number of hydrogen-bond donors (Lipinski definition) is 4. The van der Waals surface area contributed by atoms with E-state index in [9.17, 15) is 10.2 Å². The molecule has 0 aliphatic heterocycles. The Hall–Kier alpha value is -4.92. The fraction of sp³-hybridized carbons (Fsp3) is 0.300. The molecule has 0 heterocycles. The van der Waals surface area contributed by atoms with Gasteiger partial charge < -0.3 is 41.3 Å². The fourth-order valence-corrected chi connectivity index (χ4v) is 8.27. The largest absolute Gasteiger partial charge is 0.398 e. The molecule has 1 aliphatic carbocycles. The third-order valence-corrected chi connectivity index (χ3v) is 10.3. The van der Waals surface area contributed by atoms with E-state index in [1.807, 2.05) is 52.5 Å². The van der Waals surface area contributed by atoms with Gasteiger partial charge in [0.15, 0.2) is 0 Å². The minimum Gasteiger partial charge on any atom is -0.398 e. The highest BCUT2D eigenvalue weighted by atomic mass is 16.3. The van der Waals surface area contributed by atoms with Crippen molar-refractivity contribution < 1.29 is 10.2 Å². The van der Waals surface area contributed by atoms with Gasteiger partial charge in [-0.25, -0.2) is 0 Å². The van der Waals surface area contributed by atoms with Crippen LogP contribution in [0.2, 0.25) is 0 Å². The van der Waals surface area contributed by atoms with Gasteiger partial charge in [-0.3, -0.25) is 0 Å². The molecule has 248 valence electrons. The van der Waals surface area contributed by atoms with Crippen molar-refractivity contribution >= 4 is 77.2 Å². The van der Waals surface area contributed by atoms with Gasteiger partial charge in [0, 0.05) is 113 Å². The molecule has 7 rings (SSSR count). The van der Waals surface area contributed by atoms with Crippen LogP contribution in [0.25, 0.3) is 43.1 Å². The average molecular weight is 643 g/mol. The number of fused-ring (bicyclic) bond motifs is 4. The molecule has 0 bridgehead atoms. The van der Waals surface area contributed by atoms with Gasteiger partial charge in [0.1, 0.15) is 0 Å². The SMILES string of the molecule is CN(C)c1cc(N)c(C2C(O)C(c3c(N)cc(N(C)C)c4c(N(C)C)c5ccccc5cc34)C2O)c2cc3ccccc3c(N(C)C)c12. The van der Waals surface area contributed by atoms with Crippen LogP contribution < -0.4 is 31.1 Å². The van der Waals surface area contributed by atoms with Crippen molar-refractivity contribution in [3.63, 3.8) is 0 Å². The summed E-state index contributed by atoms with van der Waals surface area (Å²) in [7, 11) is 16.3. The molecule has 1 fully saturated rings. The van der Waals surface area contributed by atoms with E-state index in [1.165, 1.54) is 0 Å². The van der Waals surface area contributed by atoms with Crippen molar-refractivity contribution in [2.24, 2.45) is 0 Å². The van der Waals surface area contributed by atoms with Crippen molar-refractivity contribution in [2.75, 3.05) is 87.4 Å². The van der Waals surface area contributed by atoms with Gasteiger partial charge >= 0.3 is 0 Å². The first-order valence-corrected chi connectivity index (χ1v) is 16.4. The van der Waals surface area contributed by atoms with Gasteiger partial charge in [0.25, 0.3) is 0 Å². The van der Waals surface area contributed by atoms with Crippen LogP contribution in [-0.4, -0.2) is 78.8 Å². The summed E-state index contributed by atoms with van der Waals surface area (Å²) in [4.78, 5) is 8.43. The number of benzene rings is 6. The number of rotatable bonds is 6. The molecule has 0 aromatic heterocycles. The average Bonchev–Trinajstić information content (AvgIpc) is 3.04. The molecule has 0 unspecified atom stereocenters. The lowest BCUT2D eigenvalue weighted by Gasteiger charge is -2.48. The molecule has 6 aromatic carbocycles. The molecule has 8 nitrogen and oxygen atoms in total. The van der Waals surface area contributed by atoms with Crippen molar-refractivity contribution in [1.29, 1.82) is 0 Å². The van der Waals surface area contributed by atoms with E-state index < -0.39 is 24.0 Å².